The van der Waals surface area contributed by atoms with E-state index in [9.17, 15) is 0 Å². The van der Waals surface area contributed by atoms with Crippen LogP contribution in [0.15, 0.2) is 23.1 Å². The summed E-state index contributed by atoms with van der Waals surface area (Å²) in [6.07, 6.45) is 5.36. The molecule has 0 bridgehead atoms. The molecular formula is C17H27NS. The van der Waals surface area contributed by atoms with E-state index < -0.39 is 0 Å². The molecule has 0 saturated heterocycles. The molecule has 0 radical (unpaired) electrons. The van der Waals surface area contributed by atoms with Crippen LogP contribution in [-0.2, 0) is 0 Å². The summed E-state index contributed by atoms with van der Waals surface area (Å²) in [6, 6.07) is 6.81. The second-order valence-electron chi connectivity index (χ2n) is 6.01. The third kappa shape index (κ3) is 3.76. The summed E-state index contributed by atoms with van der Waals surface area (Å²) < 4.78 is 0. The number of nitrogens with two attached hydrogens (primary N) is 1. The van der Waals surface area contributed by atoms with E-state index >= 15 is 0 Å². The summed E-state index contributed by atoms with van der Waals surface area (Å²) in [6.45, 7) is 7.57. The summed E-state index contributed by atoms with van der Waals surface area (Å²) >= 11 is 2.07. The molecule has 1 aliphatic rings. The predicted molar refractivity (Wildman–Crippen MR) is 85.7 cm³/mol. The minimum atomic E-state index is 0.702. The second-order valence-corrected chi connectivity index (χ2v) is 7.29. The average molecular weight is 277 g/mol. The maximum Gasteiger partial charge on any atom is 0.0137 e. The van der Waals surface area contributed by atoms with Gasteiger partial charge in [0.15, 0.2) is 0 Å². The van der Waals surface area contributed by atoms with Gasteiger partial charge in [0.05, 0.1) is 0 Å². The second kappa shape index (κ2) is 6.81. The third-order valence-electron chi connectivity index (χ3n) is 4.53. The summed E-state index contributed by atoms with van der Waals surface area (Å²) in [5, 5.41) is 0.713. The number of benzene rings is 1. The van der Waals surface area contributed by atoms with E-state index in [0.717, 1.165) is 12.5 Å². The molecule has 0 spiro atoms. The van der Waals surface area contributed by atoms with E-state index in [1.54, 1.807) is 0 Å². The molecule has 1 nitrogen and oxygen atoms in total. The lowest BCUT2D eigenvalue weighted by Crippen LogP contribution is -2.32. The van der Waals surface area contributed by atoms with Crippen LogP contribution in [-0.4, -0.2) is 11.8 Å². The van der Waals surface area contributed by atoms with Crippen molar-refractivity contribution < 1.29 is 0 Å². The van der Waals surface area contributed by atoms with Gasteiger partial charge in [0.25, 0.3) is 0 Å². The van der Waals surface area contributed by atoms with Gasteiger partial charge in [-0.25, -0.2) is 0 Å². The number of hydrogen-bond acceptors (Lipinski definition) is 2. The van der Waals surface area contributed by atoms with Crippen LogP contribution < -0.4 is 5.73 Å². The SMILES string of the molecule is CCC1CCC(CN)C(Sc2ccc(C)cc2C)C1. The van der Waals surface area contributed by atoms with E-state index in [4.69, 9.17) is 5.73 Å². The normalized spacial score (nSPS) is 27.5. The first-order valence-electron chi connectivity index (χ1n) is 7.58. The summed E-state index contributed by atoms with van der Waals surface area (Å²) in [4.78, 5) is 1.45. The van der Waals surface area contributed by atoms with Gasteiger partial charge in [0.2, 0.25) is 0 Å². The molecule has 1 saturated carbocycles. The molecule has 19 heavy (non-hydrogen) atoms. The smallest absolute Gasteiger partial charge is 0.0137 e. The zero-order chi connectivity index (χ0) is 13.8. The first-order valence-corrected chi connectivity index (χ1v) is 8.46. The third-order valence-corrected chi connectivity index (χ3v) is 6.12. The zero-order valence-electron chi connectivity index (χ0n) is 12.5. The Morgan fingerprint density at radius 3 is 2.68 bits per heavy atom. The molecule has 0 aliphatic heterocycles. The van der Waals surface area contributed by atoms with E-state index in [1.807, 2.05) is 0 Å². The summed E-state index contributed by atoms with van der Waals surface area (Å²) in [7, 11) is 0. The fourth-order valence-corrected chi connectivity index (χ4v) is 4.68. The Hall–Kier alpha value is -0.470. The maximum absolute atomic E-state index is 5.98. The Bertz CT molecular complexity index is 416. The summed E-state index contributed by atoms with van der Waals surface area (Å²) in [5.74, 6) is 1.61. The van der Waals surface area contributed by atoms with Crippen molar-refractivity contribution >= 4 is 11.8 Å². The average Bonchev–Trinajstić information content (AvgIpc) is 2.41. The number of aryl methyl sites for hydroxylation is 2. The van der Waals surface area contributed by atoms with Crippen molar-refractivity contribution in [3.8, 4) is 0 Å². The quantitative estimate of drug-likeness (QED) is 0.873. The highest BCUT2D eigenvalue weighted by Gasteiger charge is 2.29. The van der Waals surface area contributed by atoms with Crippen LogP contribution in [0.2, 0.25) is 0 Å². The van der Waals surface area contributed by atoms with Gasteiger partial charge in [-0.3, -0.25) is 0 Å². The molecule has 106 valence electrons. The Morgan fingerprint density at radius 1 is 1.26 bits per heavy atom. The van der Waals surface area contributed by atoms with Crippen molar-refractivity contribution in [2.24, 2.45) is 17.6 Å². The molecule has 0 aromatic heterocycles. The molecule has 1 aromatic carbocycles. The van der Waals surface area contributed by atoms with Crippen LogP contribution in [0.25, 0.3) is 0 Å². The van der Waals surface area contributed by atoms with Crippen LogP contribution in [0.1, 0.15) is 43.7 Å². The molecule has 3 unspecified atom stereocenters. The molecule has 0 amide bonds. The van der Waals surface area contributed by atoms with Gasteiger partial charge in [-0.1, -0.05) is 37.5 Å². The molecule has 3 atom stereocenters. The molecule has 1 aromatic rings. The van der Waals surface area contributed by atoms with Gasteiger partial charge in [0, 0.05) is 10.1 Å². The Balaban J connectivity index is 2.09. The molecule has 1 fully saturated rings. The molecule has 2 N–H and O–H groups in total. The minimum Gasteiger partial charge on any atom is -0.330 e. The fraction of sp³-hybridized carbons (Fsp3) is 0.647. The molecule has 2 rings (SSSR count). The largest absolute Gasteiger partial charge is 0.330 e. The van der Waals surface area contributed by atoms with Crippen molar-refractivity contribution in [1.29, 1.82) is 0 Å². The van der Waals surface area contributed by atoms with E-state index in [1.165, 1.54) is 41.7 Å². The van der Waals surface area contributed by atoms with Crippen LogP contribution in [0.3, 0.4) is 0 Å². The van der Waals surface area contributed by atoms with Crippen LogP contribution in [0, 0.1) is 25.7 Å². The molecule has 1 aliphatic carbocycles. The number of hydrogen-bond donors (Lipinski definition) is 1. The van der Waals surface area contributed by atoms with Gasteiger partial charge in [0.1, 0.15) is 0 Å². The standard InChI is InChI=1S/C17H27NS/c1-4-14-6-7-15(11-18)17(10-14)19-16-8-5-12(2)9-13(16)3/h5,8-9,14-15,17H,4,6-7,10-11,18H2,1-3H3. The van der Waals surface area contributed by atoms with Gasteiger partial charge >= 0.3 is 0 Å². The van der Waals surface area contributed by atoms with Crippen molar-refractivity contribution in [3.63, 3.8) is 0 Å². The lowest BCUT2D eigenvalue weighted by Gasteiger charge is -2.35. The topological polar surface area (TPSA) is 26.0 Å². The first-order chi connectivity index (χ1) is 9.13. The highest BCUT2D eigenvalue weighted by Crippen LogP contribution is 2.41. The highest BCUT2D eigenvalue weighted by atomic mass is 32.2. The van der Waals surface area contributed by atoms with Gasteiger partial charge in [-0.15, -0.1) is 11.8 Å². The van der Waals surface area contributed by atoms with Gasteiger partial charge < -0.3 is 5.73 Å². The summed E-state index contributed by atoms with van der Waals surface area (Å²) in [5.41, 5.74) is 8.75. The minimum absolute atomic E-state index is 0.702. The number of thioether (sulfide) groups is 1. The van der Waals surface area contributed by atoms with Crippen LogP contribution in [0.4, 0.5) is 0 Å². The Morgan fingerprint density at radius 2 is 2.05 bits per heavy atom. The molecular weight excluding hydrogens is 250 g/mol. The molecule has 2 heteroatoms. The molecule has 0 heterocycles. The zero-order valence-corrected chi connectivity index (χ0v) is 13.3. The predicted octanol–water partition coefficient (Wildman–Crippen LogP) is 4.55. The monoisotopic (exact) mass is 277 g/mol. The lowest BCUT2D eigenvalue weighted by molar-refractivity contribution is 0.284. The Labute approximate surface area is 122 Å². The Kier molecular flexibility index (Phi) is 5.35. The van der Waals surface area contributed by atoms with Gasteiger partial charge in [-0.2, -0.15) is 0 Å². The maximum atomic E-state index is 5.98. The lowest BCUT2D eigenvalue weighted by atomic mass is 9.80. The van der Waals surface area contributed by atoms with Crippen molar-refractivity contribution in [2.75, 3.05) is 6.54 Å². The first kappa shape index (κ1) is 14.9. The van der Waals surface area contributed by atoms with Crippen LogP contribution in [0.5, 0.6) is 0 Å². The van der Waals surface area contributed by atoms with Gasteiger partial charge in [-0.05, 0) is 56.7 Å². The van der Waals surface area contributed by atoms with E-state index in [0.29, 0.717) is 11.2 Å². The van der Waals surface area contributed by atoms with Crippen molar-refractivity contribution in [3.05, 3.63) is 29.3 Å². The van der Waals surface area contributed by atoms with Crippen molar-refractivity contribution in [2.45, 2.75) is 56.6 Å². The number of rotatable bonds is 4. The van der Waals surface area contributed by atoms with E-state index in [-0.39, 0.29) is 0 Å². The fourth-order valence-electron chi connectivity index (χ4n) is 3.15. The van der Waals surface area contributed by atoms with E-state index in [2.05, 4.69) is 50.7 Å². The van der Waals surface area contributed by atoms with Crippen LogP contribution >= 0.6 is 11.8 Å². The van der Waals surface area contributed by atoms with Crippen molar-refractivity contribution in [1.82, 2.24) is 0 Å². The highest BCUT2D eigenvalue weighted by molar-refractivity contribution is 8.00.